The van der Waals surface area contributed by atoms with Gasteiger partial charge < -0.3 is 15.0 Å². The molecule has 190 valence electrons. The van der Waals surface area contributed by atoms with E-state index in [-0.39, 0.29) is 18.2 Å². The van der Waals surface area contributed by atoms with Crippen LogP contribution in [-0.4, -0.2) is 34.9 Å². The molecule has 0 heterocycles. The minimum Gasteiger partial charge on any atom is -0.494 e. The van der Waals surface area contributed by atoms with E-state index in [2.05, 4.69) is 21.2 Å². The van der Waals surface area contributed by atoms with E-state index in [1.807, 2.05) is 106 Å². The van der Waals surface area contributed by atoms with E-state index in [4.69, 9.17) is 4.74 Å². The van der Waals surface area contributed by atoms with Gasteiger partial charge in [-0.1, -0.05) is 76.6 Å². The molecule has 36 heavy (non-hydrogen) atoms. The Morgan fingerprint density at radius 1 is 0.889 bits per heavy atom. The number of para-hydroxylation sites is 1. The molecule has 6 heteroatoms. The molecule has 0 radical (unpaired) electrons. The Bertz CT molecular complexity index is 1100. The van der Waals surface area contributed by atoms with Crippen molar-refractivity contribution in [3.63, 3.8) is 0 Å². The molecule has 3 rings (SSSR count). The van der Waals surface area contributed by atoms with Crippen molar-refractivity contribution in [3.05, 3.63) is 101 Å². The molecule has 0 saturated carbocycles. The molecule has 0 aliphatic carbocycles. The molecule has 0 spiro atoms. The number of hydrogen-bond donors (Lipinski definition) is 1. The highest BCUT2D eigenvalue weighted by Gasteiger charge is 2.32. The van der Waals surface area contributed by atoms with Gasteiger partial charge in [0.2, 0.25) is 11.8 Å². The van der Waals surface area contributed by atoms with E-state index in [9.17, 15) is 9.59 Å². The van der Waals surface area contributed by atoms with Crippen molar-refractivity contribution in [2.24, 2.45) is 0 Å². The van der Waals surface area contributed by atoms with Crippen LogP contribution >= 0.6 is 15.9 Å². The first-order chi connectivity index (χ1) is 17.2. The predicted molar refractivity (Wildman–Crippen MR) is 148 cm³/mol. The van der Waals surface area contributed by atoms with Gasteiger partial charge in [-0.3, -0.25) is 9.59 Å². The summed E-state index contributed by atoms with van der Waals surface area (Å²) in [5.74, 6) is 0.556. The molecule has 0 aromatic heterocycles. The Morgan fingerprint density at radius 2 is 1.50 bits per heavy atom. The number of rotatable bonds is 11. The van der Waals surface area contributed by atoms with Gasteiger partial charge >= 0.3 is 0 Å². The van der Waals surface area contributed by atoms with Crippen molar-refractivity contribution < 1.29 is 14.3 Å². The first-order valence-electron chi connectivity index (χ1n) is 12.3. The number of hydrogen-bond acceptors (Lipinski definition) is 3. The highest BCUT2D eigenvalue weighted by atomic mass is 79.9. The summed E-state index contributed by atoms with van der Waals surface area (Å²) in [6.07, 6.45) is 1.28. The quantitative estimate of drug-likeness (QED) is 0.291. The summed E-state index contributed by atoms with van der Waals surface area (Å²) >= 11 is 3.47. The van der Waals surface area contributed by atoms with Gasteiger partial charge in [0.1, 0.15) is 11.8 Å². The van der Waals surface area contributed by atoms with Crippen LogP contribution in [-0.2, 0) is 22.6 Å². The van der Waals surface area contributed by atoms with Gasteiger partial charge in [0.05, 0.1) is 6.61 Å². The van der Waals surface area contributed by atoms with Gasteiger partial charge in [0, 0.05) is 29.4 Å². The number of carbonyl (C=O) groups excluding carboxylic acids is 2. The Kier molecular flexibility index (Phi) is 10.1. The molecular formula is C30H35BrN2O3. The molecule has 1 atom stereocenters. The van der Waals surface area contributed by atoms with E-state index < -0.39 is 11.6 Å². The van der Waals surface area contributed by atoms with Crippen LogP contribution in [0.4, 0.5) is 0 Å². The Balaban J connectivity index is 1.81. The van der Waals surface area contributed by atoms with Gasteiger partial charge in [0.15, 0.2) is 0 Å². The fraction of sp³-hybridized carbons (Fsp3) is 0.333. The lowest BCUT2D eigenvalue weighted by Crippen LogP contribution is -2.54. The Labute approximate surface area is 223 Å². The van der Waals surface area contributed by atoms with E-state index in [0.717, 1.165) is 21.3 Å². The minimum absolute atomic E-state index is 0.0698. The topological polar surface area (TPSA) is 58.6 Å². The van der Waals surface area contributed by atoms with E-state index in [1.165, 1.54) is 0 Å². The number of nitrogens with one attached hydrogen (secondary N) is 1. The van der Waals surface area contributed by atoms with Crippen LogP contribution in [0.1, 0.15) is 44.7 Å². The zero-order valence-electron chi connectivity index (χ0n) is 21.2. The first-order valence-corrected chi connectivity index (χ1v) is 13.1. The third-order valence-corrected chi connectivity index (χ3v) is 6.11. The summed E-state index contributed by atoms with van der Waals surface area (Å²) in [6.45, 7) is 6.63. The number of carbonyl (C=O) groups is 2. The molecule has 3 aromatic rings. The van der Waals surface area contributed by atoms with Gasteiger partial charge in [-0.05, 0) is 62.6 Å². The van der Waals surface area contributed by atoms with Crippen LogP contribution < -0.4 is 10.1 Å². The second kappa shape index (κ2) is 13.3. The highest BCUT2D eigenvalue weighted by Crippen LogP contribution is 2.19. The number of benzene rings is 3. The lowest BCUT2D eigenvalue weighted by molar-refractivity contribution is -0.142. The largest absolute Gasteiger partial charge is 0.494 e. The molecule has 1 N–H and O–H groups in total. The molecule has 0 aliphatic heterocycles. The SMILES string of the molecule is CC(C)(C)NC(=O)[C@H](Cc1ccccc1)N(Cc1ccc(Br)cc1)C(=O)CCCOc1ccccc1. The standard InChI is InChI=1S/C30H35BrN2O3/c1-30(2,3)32-29(35)27(21-23-11-6-4-7-12-23)33(22-24-16-18-25(31)19-17-24)28(34)15-10-20-36-26-13-8-5-9-14-26/h4-9,11-14,16-19,27H,10,15,20-22H2,1-3H3,(H,32,35)/t27-/m0/s1. The number of halogens is 1. The molecule has 0 unspecified atom stereocenters. The molecule has 0 fully saturated rings. The van der Waals surface area contributed by atoms with Gasteiger partial charge in [-0.25, -0.2) is 0 Å². The maximum Gasteiger partial charge on any atom is 0.243 e. The van der Waals surface area contributed by atoms with Crippen LogP contribution in [0.3, 0.4) is 0 Å². The van der Waals surface area contributed by atoms with Crippen molar-refractivity contribution in [1.29, 1.82) is 0 Å². The third-order valence-electron chi connectivity index (χ3n) is 5.58. The normalized spacial score (nSPS) is 12.0. The first kappa shape index (κ1) is 27.5. The molecular weight excluding hydrogens is 516 g/mol. The zero-order valence-corrected chi connectivity index (χ0v) is 22.8. The molecule has 0 saturated heterocycles. The lowest BCUT2D eigenvalue weighted by Gasteiger charge is -2.34. The van der Waals surface area contributed by atoms with Crippen molar-refractivity contribution in [1.82, 2.24) is 10.2 Å². The number of nitrogens with zero attached hydrogens (tertiary/aromatic N) is 1. The lowest BCUT2D eigenvalue weighted by atomic mass is 10.00. The maximum absolute atomic E-state index is 13.6. The maximum atomic E-state index is 13.6. The fourth-order valence-corrected chi connectivity index (χ4v) is 4.13. The minimum atomic E-state index is -0.641. The summed E-state index contributed by atoms with van der Waals surface area (Å²) < 4.78 is 6.75. The van der Waals surface area contributed by atoms with E-state index in [0.29, 0.717) is 26.0 Å². The van der Waals surface area contributed by atoms with Crippen LogP contribution in [0.5, 0.6) is 5.75 Å². The molecule has 5 nitrogen and oxygen atoms in total. The fourth-order valence-electron chi connectivity index (χ4n) is 3.87. The van der Waals surface area contributed by atoms with Crippen LogP contribution in [0.2, 0.25) is 0 Å². The van der Waals surface area contributed by atoms with Crippen LogP contribution in [0.25, 0.3) is 0 Å². The second-order valence-corrected chi connectivity index (χ2v) is 10.8. The summed E-state index contributed by atoms with van der Waals surface area (Å²) in [5.41, 5.74) is 1.56. The smallest absolute Gasteiger partial charge is 0.243 e. The van der Waals surface area contributed by atoms with Gasteiger partial charge in [-0.15, -0.1) is 0 Å². The van der Waals surface area contributed by atoms with Crippen molar-refractivity contribution in [3.8, 4) is 5.75 Å². The van der Waals surface area contributed by atoms with Crippen molar-refractivity contribution in [2.45, 2.75) is 58.2 Å². The van der Waals surface area contributed by atoms with Crippen molar-refractivity contribution >= 4 is 27.7 Å². The molecule has 2 amide bonds. The summed E-state index contributed by atoms with van der Waals surface area (Å²) in [5, 5.41) is 3.09. The highest BCUT2D eigenvalue weighted by molar-refractivity contribution is 9.10. The third kappa shape index (κ3) is 9.15. The van der Waals surface area contributed by atoms with Crippen LogP contribution in [0, 0.1) is 0 Å². The Morgan fingerprint density at radius 3 is 2.11 bits per heavy atom. The average molecular weight is 552 g/mol. The molecule has 0 bridgehead atoms. The predicted octanol–water partition coefficient (Wildman–Crippen LogP) is 6.16. The second-order valence-electron chi connectivity index (χ2n) is 9.86. The van der Waals surface area contributed by atoms with E-state index >= 15 is 0 Å². The Hall–Kier alpha value is -3.12. The summed E-state index contributed by atoms with van der Waals surface area (Å²) in [6, 6.07) is 26.6. The van der Waals surface area contributed by atoms with Gasteiger partial charge in [0.25, 0.3) is 0 Å². The average Bonchev–Trinajstić information content (AvgIpc) is 2.85. The number of ether oxygens (including phenoxy) is 1. The van der Waals surface area contributed by atoms with Gasteiger partial charge in [-0.2, -0.15) is 0 Å². The monoisotopic (exact) mass is 550 g/mol. The van der Waals surface area contributed by atoms with Crippen molar-refractivity contribution in [2.75, 3.05) is 6.61 Å². The molecule has 3 aromatic carbocycles. The van der Waals surface area contributed by atoms with Crippen LogP contribution in [0.15, 0.2) is 89.4 Å². The molecule has 0 aliphatic rings. The summed E-state index contributed by atoms with van der Waals surface area (Å²) in [4.78, 5) is 28.9. The zero-order chi connectivity index (χ0) is 26.0. The number of amides is 2. The van der Waals surface area contributed by atoms with E-state index in [1.54, 1.807) is 4.90 Å². The summed E-state index contributed by atoms with van der Waals surface area (Å²) in [7, 11) is 0.